The standard InChI is InChI=1S/C14H25N3S/c1-10(2)17-7-5-6-12(8-17)14-16-13(9-18-14)11(3)15-4/h9-12,15H,5-8H2,1-4H3. The van der Waals surface area contributed by atoms with E-state index in [2.05, 4.69) is 36.4 Å². The van der Waals surface area contributed by atoms with Gasteiger partial charge >= 0.3 is 0 Å². The largest absolute Gasteiger partial charge is 0.312 e. The zero-order valence-electron chi connectivity index (χ0n) is 11.9. The summed E-state index contributed by atoms with van der Waals surface area (Å²) in [5, 5.41) is 6.80. The number of nitrogens with one attached hydrogen (secondary N) is 1. The van der Waals surface area contributed by atoms with Crippen molar-refractivity contribution in [3.63, 3.8) is 0 Å². The summed E-state index contributed by atoms with van der Waals surface area (Å²) in [7, 11) is 1.99. The van der Waals surface area contributed by atoms with Gasteiger partial charge in [-0.25, -0.2) is 4.98 Å². The Balaban J connectivity index is 2.04. The van der Waals surface area contributed by atoms with Gasteiger partial charge in [-0.3, -0.25) is 0 Å². The second-order valence-corrected chi connectivity index (χ2v) is 6.44. The molecule has 0 saturated carbocycles. The Morgan fingerprint density at radius 2 is 2.22 bits per heavy atom. The fraction of sp³-hybridized carbons (Fsp3) is 0.786. The van der Waals surface area contributed by atoms with Crippen LogP contribution in [0.25, 0.3) is 0 Å². The summed E-state index contributed by atoms with van der Waals surface area (Å²) in [5.41, 5.74) is 1.19. The summed E-state index contributed by atoms with van der Waals surface area (Å²) in [6.45, 7) is 9.18. The van der Waals surface area contributed by atoms with E-state index in [1.54, 1.807) is 0 Å². The maximum atomic E-state index is 4.83. The molecule has 4 heteroatoms. The first kappa shape index (κ1) is 14.0. The van der Waals surface area contributed by atoms with Gasteiger partial charge in [-0.1, -0.05) is 0 Å². The van der Waals surface area contributed by atoms with Gasteiger partial charge in [0.2, 0.25) is 0 Å². The summed E-state index contributed by atoms with van der Waals surface area (Å²) in [6.07, 6.45) is 2.60. The number of piperidine rings is 1. The Morgan fingerprint density at radius 3 is 2.89 bits per heavy atom. The number of likely N-dealkylation sites (tertiary alicyclic amines) is 1. The zero-order valence-corrected chi connectivity index (χ0v) is 12.8. The molecule has 1 fully saturated rings. The molecule has 1 aromatic heterocycles. The van der Waals surface area contributed by atoms with Crippen LogP contribution in [0.4, 0.5) is 0 Å². The lowest BCUT2D eigenvalue weighted by molar-refractivity contribution is 0.167. The minimum atomic E-state index is 0.361. The number of nitrogens with zero attached hydrogens (tertiary/aromatic N) is 2. The van der Waals surface area contributed by atoms with Gasteiger partial charge in [0, 0.05) is 29.9 Å². The van der Waals surface area contributed by atoms with Gasteiger partial charge in [-0.05, 0) is 47.2 Å². The fourth-order valence-electron chi connectivity index (χ4n) is 2.51. The first-order chi connectivity index (χ1) is 8.61. The smallest absolute Gasteiger partial charge is 0.0972 e. The third-order valence-electron chi connectivity index (χ3n) is 3.95. The molecule has 0 bridgehead atoms. The number of rotatable bonds is 4. The van der Waals surface area contributed by atoms with Crippen LogP contribution in [0, 0.1) is 0 Å². The molecule has 102 valence electrons. The van der Waals surface area contributed by atoms with Crippen LogP contribution in [0.1, 0.15) is 56.3 Å². The lowest BCUT2D eigenvalue weighted by atomic mass is 9.97. The highest BCUT2D eigenvalue weighted by atomic mass is 32.1. The molecule has 3 nitrogen and oxygen atoms in total. The lowest BCUT2D eigenvalue weighted by Crippen LogP contribution is -2.39. The van der Waals surface area contributed by atoms with Crippen molar-refractivity contribution < 1.29 is 0 Å². The second kappa shape index (κ2) is 6.13. The van der Waals surface area contributed by atoms with E-state index in [4.69, 9.17) is 4.98 Å². The molecule has 18 heavy (non-hydrogen) atoms. The van der Waals surface area contributed by atoms with Crippen molar-refractivity contribution in [3.8, 4) is 0 Å². The Kier molecular flexibility index (Phi) is 4.76. The Bertz CT molecular complexity index is 375. The van der Waals surface area contributed by atoms with Crippen molar-refractivity contribution in [2.75, 3.05) is 20.1 Å². The lowest BCUT2D eigenvalue weighted by Gasteiger charge is -2.34. The maximum Gasteiger partial charge on any atom is 0.0972 e. The monoisotopic (exact) mass is 267 g/mol. The molecule has 0 aromatic carbocycles. The van der Waals surface area contributed by atoms with Crippen molar-refractivity contribution in [3.05, 3.63) is 16.1 Å². The van der Waals surface area contributed by atoms with E-state index in [9.17, 15) is 0 Å². The topological polar surface area (TPSA) is 28.2 Å². The molecule has 0 radical (unpaired) electrons. The molecule has 1 saturated heterocycles. The molecule has 0 amide bonds. The molecule has 1 aliphatic rings. The molecular weight excluding hydrogens is 242 g/mol. The van der Waals surface area contributed by atoms with Gasteiger partial charge < -0.3 is 10.2 Å². The normalized spacial score (nSPS) is 23.5. The van der Waals surface area contributed by atoms with Gasteiger partial charge in [0.15, 0.2) is 0 Å². The summed E-state index contributed by atoms with van der Waals surface area (Å²) in [4.78, 5) is 7.41. The predicted molar refractivity (Wildman–Crippen MR) is 78.3 cm³/mol. The summed E-state index contributed by atoms with van der Waals surface area (Å²) >= 11 is 1.84. The zero-order chi connectivity index (χ0) is 13.1. The van der Waals surface area contributed by atoms with Crippen molar-refractivity contribution in [1.29, 1.82) is 0 Å². The van der Waals surface area contributed by atoms with E-state index in [-0.39, 0.29) is 0 Å². The van der Waals surface area contributed by atoms with Gasteiger partial charge in [0.1, 0.15) is 0 Å². The Morgan fingerprint density at radius 1 is 1.44 bits per heavy atom. The SMILES string of the molecule is CNC(C)c1csc(C2CCCN(C(C)C)C2)n1. The van der Waals surface area contributed by atoms with E-state index in [1.807, 2.05) is 18.4 Å². The van der Waals surface area contributed by atoms with Gasteiger partial charge in [-0.15, -0.1) is 11.3 Å². The van der Waals surface area contributed by atoms with Crippen LogP contribution in [-0.4, -0.2) is 36.1 Å². The Hall–Kier alpha value is -0.450. The molecule has 2 rings (SSSR count). The molecule has 1 aromatic rings. The van der Waals surface area contributed by atoms with E-state index >= 15 is 0 Å². The van der Waals surface area contributed by atoms with E-state index in [0.29, 0.717) is 18.0 Å². The van der Waals surface area contributed by atoms with Crippen LogP contribution in [0.2, 0.25) is 0 Å². The molecule has 2 heterocycles. The van der Waals surface area contributed by atoms with Gasteiger partial charge in [-0.2, -0.15) is 0 Å². The molecule has 0 aliphatic carbocycles. The molecular formula is C14H25N3S. The number of hydrogen-bond donors (Lipinski definition) is 1. The van der Waals surface area contributed by atoms with Gasteiger partial charge in [0.25, 0.3) is 0 Å². The van der Waals surface area contributed by atoms with Crippen molar-refractivity contribution >= 4 is 11.3 Å². The molecule has 1 N–H and O–H groups in total. The number of aromatic nitrogens is 1. The first-order valence-electron chi connectivity index (χ1n) is 6.98. The predicted octanol–water partition coefficient (Wildman–Crippen LogP) is 3.01. The summed E-state index contributed by atoms with van der Waals surface area (Å²) in [6, 6.07) is 1.02. The molecule has 2 atom stereocenters. The minimum absolute atomic E-state index is 0.361. The van der Waals surface area contributed by atoms with Gasteiger partial charge in [0.05, 0.1) is 10.7 Å². The highest BCUT2D eigenvalue weighted by Crippen LogP contribution is 2.31. The summed E-state index contributed by atoms with van der Waals surface area (Å²) < 4.78 is 0. The first-order valence-corrected chi connectivity index (χ1v) is 7.86. The molecule has 0 spiro atoms. The van der Waals surface area contributed by atoms with Crippen LogP contribution in [-0.2, 0) is 0 Å². The van der Waals surface area contributed by atoms with Crippen LogP contribution in [0.15, 0.2) is 5.38 Å². The second-order valence-electron chi connectivity index (χ2n) is 5.55. The van der Waals surface area contributed by atoms with Crippen molar-refractivity contribution in [2.24, 2.45) is 0 Å². The van der Waals surface area contributed by atoms with E-state index < -0.39 is 0 Å². The van der Waals surface area contributed by atoms with Crippen LogP contribution in [0.3, 0.4) is 0 Å². The average Bonchev–Trinajstić information content (AvgIpc) is 2.87. The van der Waals surface area contributed by atoms with E-state index in [1.165, 1.54) is 36.6 Å². The fourth-order valence-corrected chi connectivity index (χ4v) is 3.55. The van der Waals surface area contributed by atoms with Crippen LogP contribution < -0.4 is 5.32 Å². The number of hydrogen-bond acceptors (Lipinski definition) is 4. The highest BCUT2D eigenvalue weighted by Gasteiger charge is 2.25. The highest BCUT2D eigenvalue weighted by molar-refractivity contribution is 7.09. The Labute approximate surface area is 115 Å². The number of thiazole rings is 1. The van der Waals surface area contributed by atoms with Crippen LogP contribution in [0.5, 0.6) is 0 Å². The quantitative estimate of drug-likeness (QED) is 0.909. The third-order valence-corrected chi connectivity index (χ3v) is 4.97. The maximum absolute atomic E-state index is 4.83. The van der Waals surface area contributed by atoms with Crippen molar-refractivity contribution in [2.45, 2.75) is 51.6 Å². The van der Waals surface area contributed by atoms with Crippen LogP contribution >= 0.6 is 11.3 Å². The summed E-state index contributed by atoms with van der Waals surface area (Å²) in [5.74, 6) is 0.643. The molecule has 2 unspecified atom stereocenters. The third kappa shape index (κ3) is 3.11. The molecule has 1 aliphatic heterocycles. The average molecular weight is 267 g/mol. The van der Waals surface area contributed by atoms with Crippen molar-refractivity contribution in [1.82, 2.24) is 15.2 Å². The van der Waals surface area contributed by atoms with E-state index in [0.717, 1.165) is 0 Å². The minimum Gasteiger partial charge on any atom is -0.312 e.